The molecule has 3 aromatic rings. The summed E-state index contributed by atoms with van der Waals surface area (Å²) in [4.78, 5) is 19.1. The summed E-state index contributed by atoms with van der Waals surface area (Å²) in [6.07, 6.45) is 7.03. The summed E-state index contributed by atoms with van der Waals surface area (Å²) in [7, 11) is 0. The third-order valence-electron chi connectivity index (χ3n) is 3.75. The summed E-state index contributed by atoms with van der Waals surface area (Å²) >= 11 is 0. The molecule has 3 heteroatoms. The number of hydrogen-bond acceptors (Lipinski definition) is 2. The Bertz CT molecular complexity index is 948. The Morgan fingerprint density at radius 3 is 2.77 bits per heavy atom. The van der Waals surface area contributed by atoms with Crippen molar-refractivity contribution in [3.8, 4) is 0 Å². The number of allylic oxidation sites excluding steroid dienone is 4. The van der Waals surface area contributed by atoms with Crippen LogP contribution < -0.4 is 5.69 Å². The van der Waals surface area contributed by atoms with Gasteiger partial charge in [-0.25, -0.2) is 4.79 Å². The Morgan fingerprint density at radius 2 is 2.00 bits per heavy atom. The number of H-pyrrole nitrogens is 1. The second-order valence-corrected chi connectivity index (χ2v) is 5.15. The van der Waals surface area contributed by atoms with Gasteiger partial charge in [0.1, 0.15) is 0 Å². The van der Waals surface area contributed by atoms with Gasteiger partial charge in [-0.15, -0.1) is 0 Å². The summed E-state index contributed by atoms with van der Waals surface area (Å²) < 4.78 is 0. The molecule has 0 saturated carbocycles. The summed E-state index contributed by atoms with van der Waals surface area (Å²) in [5, 5.41) is 3.11. The van der Waals surface area contributed by atoms with Crippen molar-refractivity contribution >= 4 is 27.2 Å². The lowest BCUT2D eigenvalue weighted by Crippen LogP contribution is -2.13. The van der Waals surface area contributed by atoms with E-state index >= 15 is 0 Å². The van der Waals surface area contributed by atoms with Gasteiger partial charge in [-0.2, -0.15) is 4.98 Å². The van der Waals surface area contributed by atoms with Crippen LogP contribution in [0.5, 0.6) is 0 Å². The fourth-order valence-electron chi connectivity index (χ4n) is 2.68. The van der Waals surface area contributed by atoms with Crippen molar-refractivity contribution in [2.45, 2.75) is 20.3 Å². The van der Waals surface area contributed by atoms with E-state index in [9.17, 15) is 4.79 Å². The first-order valence-electron chi connectivity index (χ1n) is 7.49. The standard InChI is InChI=1S/C19H18N2O/c1-3-5-8-13(4-2)17-16-12-11-14-9-6-7-10-15(14)18(16)21-19(22)20-17/h4-12H,3H2,1-2H3,(H,20,21,22)/b8-5-,13-4+. The average Bonchev–Trinajstić information content (AvgIpc) is 2.55. The first-order valence-corrected chi connectivity index (χ1v) is 7.49. The van der Waals surface area contributed by atoms with Crippen molar-refractivity contribution in [2.24, 2.45) is 0 Å². The molecule has 0 spiro atoms. The molecule has 3 nitrogen and oxygen atoms in total. The van der Waals surface area contributed by atoms with Crippen LogP contribution in [0.15, 0.2) is 59.4 Å². The van der Waals surface area contributed by atoms with E-state index in [1.165, 1.54) is 0 Å². The lowest BCUT2D eigenvalue weighted by atomic mass is 10.0. The van der Waals surface area contributed by atoms with Gasteiger partial charge < -0.3 is 4.98 Å². The van der Waals surface area contributed by atoms with Crippen molar-refractivity contribution < 1.29 is 0 Å². The van der Waals surface area contributed by atoms with Crippen LogP contribution in [-0.2, 0) is 0 Å². The number of hydrogen-bond donors (Lipinski definition) is 1. The number of aromatic amines is 1. The van der Waals surface area contributed by atoms with Crippen LogP contribution in [0.3, 0.4) is 0 Å². The van der Waals surface area contributed by atoms with Crippen molar-refractivity contribution in [3.05, 3.63) is 70.8 Å². The van der Waals surface area contributed by atoms with Crippen LogP contribution in [-0.4, -0.2) is 9.97 Å². The number of fused-ring (bicyclic) bond motifs is 3. The lowest BCUT2D eigenvalue weighted by molar-refractivity contribution is 1.10. The maximum Gasteiger partial charge on any atom is 0.345 e. The summed E-state index contributed by atoms with van der Waals surface area (Å²) in [5.74, 6) is 0. The Hall–Kier alpha value is -2.68. The number of nitrogens with one attached hydrogen (secondary N) is 1. The molecule has 1 aromatic heterocycles. The highest BCUT2D eigenvalue weighted by Crippen LogP contribution is 2.27. The monoisotopic (exact) mass is 290 g/mol. The maximum absolute atomic E-state index is 12.0. The van der Waals surface area contributed by atoms with Crippen molar-refractivity contribution in [1.82, 2.24) is 9.97 Å². The van der Waals surface area contributed by atoms with Gasteiger partial charge in [-0.05, 0) is 24.3 Å². The largest absolute Gasteiger partial charge is 0.345 e. The lowest BCUT2D eigenvalue weighted by Gasteiger charge is -2.08. The molecule has 1 heterocycles. The molecule has 0 aliphatic rings. The summed E-state index contributed by atoms with van der Waals surface area (Å²) in [6, 6.07) is 12.1. The summed E-state index contributed by atoms with van der Waals surface area (Å²) in [5.41, 5.74) is 2.23. The van der Waals surface area contributed by atoms with Gasteiger partial charge in [0, 0.05) is 10.8 Å². The smallest absolute Gasteiger partial charge is 0.305 e. The van der Waals surface area contributed by atoms with Crippen molar-refractivity contribution in [1.29, 1.82) is 0 Å². The number of nitrogens with zero attached hydrogens (tertiary/aromatic N) is 1. The van der Waals surface area contributed by atoms with Crippen molar-refractivity contribution in [2.75, 3.05) is 0 Å². The average molecular weight is 290 g/mol. The summed E-state index contributed by atoms with van der Waals surface area (Å²) in [6.45, 7) is 4.05. The Kier molecular flexibility index (Phi) is 3.88. The molecule has 0 aliphatic heterocycles. The number of aromatic nitrogens is 2. The Labute approximate surface area is 129 Å². The topological polar surface area (TPSA) is 45.8 Å². The highest BCUT2D eigenvalue weighted by molar-refractivity contribution is 6.08. The van der Waals surface area contributed by atoms with E-state index in [0.717, 1.165) is 39.4 Å². The normalized spacial score (nSPS) is 12.5. The van der Waals surface area contributed by atoms with Crippen molar-refractivity contribution in [3.63, 3.8) is 0 Å². The van der Waals surface area contributed by atoms with Gasteiger partial charge in [-0.1, -0.05) is 61.5 Å². The molecule has 0 unspecified atom stereocenters. The molecule has 0 fully saturated rings. The first kappa shape index (κ1) is 14.3. The Balaban J connectivity index is 2.39. The quantitative estimate of drug-likeness (QED) is 0.572. The molecule has 3 rings (SSSR count). The van der Waals surface area contributed by atoms with E-state index in [-0.39, 0.29) is 5.69 Å². The van der Waals surface area contributed by atoms with Gasteiger partial charge in [0.2, 0.25) is 0 Å². The minimum Gasteiger partial charge on any atom is -0.305 e. The maximum atomic E-state index is 12.0. The van der Waals surface area contributed by atoms with Gasteiger partial charge in [0.15, 0.2) is 0 Å². The molecule has 0 amide bonds. The zero-order valence-electron chi connectivity index (χ0n) is 12.8. The molecule has 0 aliphatic carbocycles. The molecule has 1 N–H and O–H groups in total. The second kappa shape index (κ2) is 5.98. The van der Waals surface area contributed by atoms with E-state index in [1.807, 2.05) is 49.4 Å². The predicted octanol–water partition coefficient (Wildman–Crippen LogP) is 4.45. The molecule has 0 atom stereocenters. The second-order valence-electron chi connectivity index (χ2n) is 5.15. The zero-order chi connectivity index (χ0) is 15.5. The molecule has 22 heavy (non-hydrogen) atoms. The van der Waals surface area contributed by atoms with E-state index in [2.05, 4.69) is 29.0 Å². The zero-order valence-corrected chi connectivity index (χ0v) is 12.8. The van der Waals surface area contributed by atoms with Crippen LogP contribution in [0.25, 0.3) is 27.2 Å². The van der Waals surface area contributed by atoms with E-state index in [1.54, 1.807) is 0 Å². The van der Waals surface area contributed by atoms with Gasteiger partial charge >= 0.3 is 5.69 Å². The highest BCUT2D eigenvalue weighted by atomic mass is 16.1. The fourth-order valence-corrected chi connectivity index (χ4v) is 2.68. The number of benzene rings is 2. The SMILES string of the molecule is C/C=C(\C=C/CC)c1nc(=O)[nH]c2c1ccc1ccccc12. The van der Waals surface area contributed by atoms with E-state index < -0.39 is 0 Å². The van der Waals surface area contributed by atoms with E-state index in [4.69, 9.17) is 0 Å². The highest BCUT2D eigenvalue weighted by Gasteiger charge is 2.10. The van der Waals surface area contributed by atoms with Gasteiger partial charge in [0.25, 0.3) is 0 Å². The predicted molar refractivity (Wildman–Crippen MR) is 93.0 cm³/mol. The van der Waals surface area contributed by atoms with Gasteiger partial charge in [-0.3, -0.25) is 0 Å². The molecule has 0 bridgehead atoms. The fraction of sp³-hybridized carbons (Fsp3) is 0.158. The molecule has 0 radical (unpaired) electrons. The third kappa shape index (κ3) is 2.46. The molecular formula is C19H18N2O. The molecule has 0 saturated heterocycles. The van der Waals surface area contributed by atoms with Crippen LogP contribution in [0, 0.1) is 0 Å². The van der Waals surface area contributed by atoms with Crippen LogP contribution in [0.4, 0.5) is 0 Å². The first-order chi connectivity index (χ1) is 10.7. The molecular weight excluding hydrogens is 272 g/mol. The van der Waals surface area contributed by atoms with Gasteiger partial charge in [0.05, 0.1) is 11.2 Å². The minimum atomic E-state index is -0.317. The minimum absolute atomic E-state index is 0.317. The Morgan fingerprint density at radius 1 is 1.18 bits per heavy atom. The van der Waals surface area contributed by atoms with Crippen LogP contribution in [0.1, 0.15) is 26.0 Å². The van der Waals surface area contributed by atoms with Crippen LogP contribution >= 0.6 is 0 Å². The number of rotatable bonds is 3. The third-order valence-corrected chi connectivity index (χ3v) is 3.75. The molecule has 110 valence electrons. The van der Waals surface area contributed by atoms with E-state index in [0.29, 0.717) is 0 Å². The molecule has 2 aromatic carbocycles. The van der Waals surface area contributed by atoms with Crippen LogP contribution in [0.2, 0.25) is 0 Å².